The molecule has 9 aromatic rings. The molecular formula is C42H32IrN4OSi-2. The van der Waals surface area contributed by atoms with Crippen LogP contribution in [-0.4, -0.2) is 27.6 Å². The van der Waals surface area contributed by atoms with Gasteiger partial charge >= 0.3 is 0 Å². The molecule has 5 nitrogen and oxygen atoms in total. The minimum absolute atomic E-state index is 0. The van der Waals surface area contributed by atoms with Gasteiger partial charge in [0.2, 0.25) is 0 Å². The number of hydrogen-bond donors (Lipinski definition) is 0. The van der Waals surface area contributed by atoms with E-state index in [0.717, 1.165) is 66.6 Å². The number of rotatable bonds is 4. The first-order chi connectivity index (χ1) is 23.5. The first-order valence-electron chi connectivity index (χ1n) is 16.0. The summed E-state index contributed by atoms with van der Waals surface area (Å²) in [6, 6.07) is 49.6. The minimum Gasteiger partial charge on any atom is -0.500 e. The van der Waals surface area contributed by atoms with Crippen molar-refractivity contribution >= 4 is 57.1 Å². The third kappa shape index (κ3) is 6.13. The van der Waals surface area contributed by atoms with E-state index in [9.17, 15) is 0 Å². The summed E-state index contributed by atoms with van der Waals surface area (Å²) in [5.74, 6) is 0.763. The van der Waals surface area contributed by atoms with E-state index >= 15 is 0 Å². The zero-order chi connectivity index (χ0) is 32.7. The van der Waals surface area contributed by atoms with Crippen molar-refractivity contribution in [1.29, 1.82) is 0 Å². The number of fused-ring (bicyclic) bond motifs is 6. The maximum Gasteiger partial charge on any atom is 0.168 e. The largest absolute Gasteiger partial charge is 0.500 e. The number of aromatic nitrogens is 4. The monoisotopic (exact) mass is 829 g/mol. The van der Waals surface area contributed by atoms with Crippen LogP contribution in [0.3, 0.4) is 0 Å². The van der Waals surface area contributed by atoms with Gasteiger partial charge in [0, 0.05) is 49.0 Å². The first kappa shape index (κ1) is 32.3. The number of hydrogen-bond acceptors (Lipinski definition) is 4. The van der Waals surface area contributed by atoms with Crippen molar-refractivity contribution in [1.82, 2.24) is 19.5 Å². The number of benzene rings is 5. The molecule has 5 aromatic carbocycles. The molecule has 0 saturated carbocycles. The quantitative estimate of drug-likeness (QED) is 0.131. The fourth-order valence-electron chi connectivity index (χ4n) is 6.10. The van der Waals surface area contributed by atoms with E-state index in [2.05, 4.69) is 101 Å². The van der Waals surface area contributed by atoms with Gasteiger partial charge in [0.15, 0.2) is 5.65 Å². The van der Waals surface area contributed by atoms with Crippen LogP contribution in [0.1, 0.15) is 0 Å². The average Bonchev–Trinajstić information content (AvgIpc) is 3.72. The summed E-state index contributed by atoms with van der Waals surface area (Å²) in [5, 5.41) is 5.80. The summed E-state index contributed by atoms with van der Waals surface area (Å²) in [7, 11) is -1.23. The van der Waals surface area contributed by atoms with Crippen LogP contribution < -0.4 is 5.19 Å². The predicted molar refractivity (Wildman–Crippen MR) is 199 cm³/mol. The second-order valence-corrected chi connectivity index (χ2v) is 17.8. The summed E-state index contributed by atoms with van der Waals surface area (Å²) in [4.78, 5) is 13.9. The molecule has 0 aliphatic carbocycles. The smallest absolute Gasteiger partial charge is 0.168 e. The molecule has 0 atom stereocenters. The SMILES string of the molecule is C[Si](C)(C)c1ccc(-c2[c-]cccc2)nc1.[Ir].[c-]1ccc2c(oc3c4ccccc4ccc23)c1-c1nc2ncccc2n1-c1ccccc1. The van der Waals surface area contributed by atoms with Gasteiger partial charge in [0.1, 0.15) is 5.58 Å². The molecule has 0 fully saturated rings. The van der Waals surface area contributed by atoms with Crippen molar-refractivity contribution in [2.45, 2.75) is 19.6 Å². The molecular weight excluding hydrogens is 797 g/mol. The van der Waals surface area contributed by atoms with Crippen LogP contribution in [-0.2, 0) is 20.1 Å². The van der Waals surface area contributed by atoms with E-state index in [1.54, 1.807) is 6.20 Å². The molecule has 1 radical (unpaired) electrons. The predicted octanol–water partition coefficient (Wildman–Crippen LogP) is 10.0. The van der Waals surface area contributed by atoms with Gasteiger partial charge < -0.3 is 14.0 Å². The fourth-order valence-corrected chi connectivity index (χ4v) is 7.14. The Hall–Kier alpha value is -5.20. The Bertz CT molecular complexity index is 2540. The molecule has 0 aliphatic heterocycles. The molecule has 4 heterocycles. The van der Waals surface area contributed by atoms with Gasteiger partial charge in [-0.2, -0.15) is 0 Å². The Morgan fingerprint density at radius 3 is 2.22 bits per heavy atom. The maximum atomic E-state index is 6.53. The third-order valence-corrected chi connectivity index (χ3v) is 10.6. The number of imidazole rings is 1. The molecule has 7 heteroatoms. The van der Waals surface area contributed by atoms with Crippen molar-refractivity contribution < 1.29 is 24.5 Å². The molecule has 0 spiro atoms. The van der Waals surface area contributed by atoms with Crippen molar-refractivity contribution in [3.63, 3.8) is 0 Å². The Kier molecular flexibility index (Phi) is 8.82. The van der Waals surface area contributed by atoms with Crippen molar-refractivity contribution in [3.8, 4) is 28.3 Å². The average molecular weight is 829 g/mol. The van der Waals surface area contributed by atoms with Gasteiger partial charge in [0.05, 0.1) is 25.0 Å². The summed E-state index contributed by atoms with van der Waals surface area (Å²) < 4.78 is 8.66. The molecule has 49 heavy (non-hydrogen) atoms. The van der Waals surface area contributed by atoms with E-state index in [0.29, 0.717) is 5.65 Å². The number of pyridine rings is 2. The summed E-state index contributed by atoms with van der Waals surface area (Å²) in [6.07, 6.45) is 3.79. The Morgan fingerprint density at radius 1 is 0.653 bits per heavy atom. The summed E-state index contributed by atoms with van der Waals surface area (Å²) >= 11 is 0. The topological polar surface area (TPSA) is 56.7 Å². The number of para-hydroxylation sites is 1. The van der Waals surface area contributed by atoms with Crippen LogP contribution in [0.15, 0.2) is 144 Å². The van der Waals surface area contributed by atoms with E-state index in [-0.39, 0.29) is 20.1 Å². The molecule has 0 unspecified atom stereocenters. The Morgan fingerprint density at radius 2 is 1.45 bits per heavy atom. The molecule has 0 amide bonds. The molecule has 4 aromatic heterocycles. The maximum absolute atomic E-state index is 6.53. The van der Waals surface area contributed by atoms with Gasteiger partial charge in [-0.25, -0.2) is 4.98 Å². The number of nitrogens with zero attached hydrogens (tertiary/aromatic N) is 4. The van der Waals surface area contributed by atoms with Gasteiger partial charge in [-0.05, 0) is 40.5 Å². The van der Waals surface area contributed by atoms with Crippen molar-refractivity contribution in [2.24, 2.45) is 0 Å². The zero-order valence-electron chi connectivity index (χ0n) is 27.3. The molecule has 0 aliphatic rings. The van der Waals surface area contributed by atoms with Crippen molar-refractivity contribution in [2.75, 3.05) is 0 Å². The minimum atomic E-state index is -1.23. The second-order valence-electron chi connectivity index (χ2n) is 12.8. The second kappa shape index (κ2) is 13.4. The Balaban J connectivity index is 0.000000189. The van der Waals surface area contributed by atoms with Crippen LogP contribution in [0, 0.1) is 12.1 Å². The van der Waals surface area contributed by atoms with Gasteiger partial charge in [-0.15, -0.1) is 54.1 Å². The van der Waals surface area contributed by atoms with Crippen LogP contribution in [0.25, 0.3) is 72.2 Å². The van der Waals surface area contributed by atoms with E-state index in [4.69, 9.17) is 9.40 Å². The standard InChI is InChI=1S/C28H16N3O.C14H16NSi.Ir/c1-2-9-19(10-3-1)31-24-14-7-17-29-27(24)30-28(31)23-13-6-12-21-22-16-15-18-8-4-5-11-20(18)25(22)32-26(21)23;1-16(2,3)13-9-10-14(15-11-13)12-7-5-4-6-8-12;/h1-12,14-17H;4-7,9-11H,1-3H3;/q2*-1;. The first-order valence-corrected chi connectivity index (χ1v) is 19.5. The van der Waals surface area contributed by atoms with Gasteiger partial charge in [0.25, 0.3) is 0 Å². The van der Waals surface area contributed by atoms with Gasteiger partial charge in [-0.3, -0.25) is 4.98 Å². The molecule has 0 bridgehead atoms. The Labute approximate surface area is 299 Å². The third-order valence-electron chi connectivity index (χ3n) is 8.61. The van der Waals surface area contributed by atoms with E-state index in [1.807, 2.05) is 79.0 Å². The van der Waals surface area contributed by atoms with E-state index in [1.165, 1.54) is 5.19 Å². The van der Waals surface area contributed by atoms with Crippen LogP contribution in [0.5, 0.6) is 0 Å². The van der Waals surface area contributed by atoms with Gasteiger partial charge in [-0.1, -0.05) is 97.3 Å². The fraction of sp³-hybridized carbons (Fsp3) is 0.0714. The summed E-state index contributed by atoms with van der Waals surface area (Å²) in [6.45, 7) is 7.00. The van der Waals surface area contributed by atoms with Crippen LogP contribution in [0.4, 0.5) is 0 Å². The molecule has 9 rings (SSSR count). The zero-order valence-corrected chi connectivity index (χ0v) is 30.7. The van der Waals surface area contributed by atoms with Crippen LogP contribution in [0.2, 0.25) is 19.6 Å². The molecule has 241 valence electrons. The van der Waals surface area contributed by atoms with E-state index < -0.39 is 8.07 Å². The van der Waals surface area contributed by atoms with Crippen molar-refractivity contribution in [3.05, 3.63) is 152 Å². The number of furan rings is 1. The summed E-state index contributed by atoms with van der Waals surface area (Å²) in [5.41, 5.74) is 7.21. The molecule has 0 saturated heterocycles. The normalized spacial score (nSPS) is 11.4. The molecule has 0 N–H and O–H groups in total. The van der Waals surface area contributed by atoms with Crippen LogP contribution >= 0.6 is 0 Å².